The molecule has 1 fully saturated rings. The largest absolute Gasteiger partial charge is 0.481 e. The van der Waals surface area contributed by atoms with Gasteiger partial charge in [0.05, 0.1) is 5.92 Å². The molecule has 1 saturated heterocycles. The van der Waals surface area contributed by atoms with Gasteiger partial charge in [-0.05, 0) is 37.9 Å². The molecule has 1 aliphatic rings. The van der Waals surface area contributed by atoms with E-state index >= 15 is 0 Å². The van der Waals surface area contributed by atoms with Gasteiger partial charge >= 0.3 is 5.97 Å². The van der Waals surface area contributed by atoms with Gasteiger partial charge in [-0.25, -0.2) is 0 Å². The first-order valence-electron chi connectivity index (χ1n) is 6.25. The van der Waals surface area contributed by atoms with E-state index in [9.17, 15) is 4.79 Å². The molecule has 1 aromatic carbocycles. The summed E-state index contributed by atoms with van der Waals surface area (Å²) in [5, 5.41) is 8.91. The Hall–Kier alpha value is -1.06. The Labute approximate surface area is 114 Å². The molecule has 100 valence electrons. The summed E-state index contributed by atoms with van der Waals surface area (Å²) in [5.41, 5.74) is 1.36. The van der Waals surface area contributed by atoms with Crippen LogP contribution < -0.4 is 0 Å². The molecule has 18 heavy (non-hydrogen) atoms. The van der Waals surface area contributed by atoms with Crippen LogP contribution in [0.2, 0.25) is 0 Å². The maximum atomic E-state index is 10.8. The molecule has 1 unspecified atom stereocenters. The van der Waals surface area contributed by atoms with Gasteiger partial charge in [0, 0.05) is 6.54 Å². The number of nitrogens with zero attached hydrogens (tertiary/aromatic N) is 1. The van der Waals surface area contributed by atoms with E-state index in [0.717, 1.165) is 38.9 Å². The van der Waals surface area contributed by atoms with Gasteiger partial charge in [-0.1, -0.05) is 30.3 Å². The number of aryl methyl sites for hydroxylation is 1. The number of hydrogen-bond acceptors (Lipinski definition) is 2. The molecule has 1 N–H and O–H groups in total. The monoisotopic (exact) mass is 269 g/mol. The number of hydrogen-bond donors (Lipinski definition) is 1. The third-order valence-electron chi connectivity index (χ3n) is 3.40. The average molecular weight is 270 g/mol. The molecule has 0 amide bonds. The molecule has 0 spiro atoms. The Morgan fingerprint density at radius 3 is 2.67 bits per heavy atom. The molecule has 1 atom stereocenters. The van der Waals surface area contributed by atoms with Crippen molar-refractivity contribution in [2.45, 2.75) is 19.3 Å². The Kier molecular flexibility index (Phi) is 6.16. The lowest BCUT2D eigenvalue weighted by molar-refractivity contribution is -0.141. The molecule has 0 aromatic heterocycles. The van der Waals surface area contributed by atoms with Crippen LogP contribution in [0, 0.1) is 5.92 Å². The maximum absolute atomic E-state index is 10.8. The van der Waals surface area contributed by atoms with Crippen LogP contribution in [-0.2, 0) is 11.2 Å². The Balaban J connectivity index is 0.00000162. The maximum Gasteiger partial charge on any atom is 0.307 e. The number of halogens is 1. The SMILES string of the molecule is Cl.O=C(O)C1CCN(CCCc2ccccc2)C1. The van der Waals surface area contributed by atoms with Crippen molar-refractivity contribution < 1.29 is 9.90 Å². The predicted molar refractivity (Wildman–Crippen MR) is 74.2 cm³/mol. The Morgan fingerprint density at radius 2 is 2.06 bits per heavy atom. The van der Waals surface area contributed by atoms with Crippen molar-refractivity contribution in [2.24, 2.45) is 5.92 Å². The van der Waals surface area contributed by atoms with Crippen LogP contribution in [0.5, 0.6) is 0 Å². The van der Waals surface area contributed by atoms with Crippen LogP contribution in [0.25, 0.3) is 0 Å². The summed E-state index contributed by atoms with van der Waals surface area (Å²) in [7, 11) is 0. The van der Waals surface area contributed by atoms with Crippen LogP contribution in [0.4, 0.5) is 0 Å². The normalized spacial score (nSPS) is 19.4. The van der Waals surface area contributed by atoms with Gasteiger partial charge in [0.15, 0.2) is 0 Å². The van der Waals surface area contributed by atoms with Gasteiger partial charge in [0.1, 0.15) is 0 Å². The number of likely N-dealkylation sites (tertiary alicyclic amines) is 1. The van der Waals surface area contributed by atoms with E-state index in [-0.39, 0.29) is 18.3 Å². The summed E-state index contributed by atoms with van der Waals surface area (Å²) in [6, 6.07) is 10.4. The predicted octanol–water partition coefficient (Wildman–Crippen LogP) is 2.45. The molecule has 1 heterocycles. The first-order valence-corrected chi connectivity index (χ1v) is 6.25. The molecule has 4 heteroatoms. The topological polar surface area (TPSA) is 40.5 Å². The molecule has 0 aliphatic carbocycles. The van der Waals surface area contributed by atoms with Gasteiger partial charge < -0.3 is 10.0 Å². The molecule has 2 rings (SSSR count). The molecule has 0 saturated carbocycles. The standard InChI is InChI=1S/C14H19NO2.ClH/c16-14(17)13-8-10-15(11-13)9-4-7-12-5-2-1-3-6-12;/h1-3,5-6,13H,4,7-11H2,(H,16,17);1H. The van der Waals surface area contributed by atoms with Crippen LogP contribution >= 0.6 is 12.4 Å². The van der Waals surface area contributed by atoms with Gasteiger partial charge in [-0.3, -0.25) is 4.79 Å². The van der Waals surface area contributed by atoms with Crippen molar-refractivity contribution in [1.29, 1.82) is 0 Å². The number of aliphatic carboxylic acids is 1. The van der Waals surface area contributed by atoms with Gasteiger partial charge in [-0.15, -0.1) is 12.4 Å². The summed E-state index contributed by atoms with van der Waals surface area (Å²) in [5.74, 6) is -0.790. The van der Waals surface area contributed by atoms with Crippen LogP contribution in [0.3, 0.4) is 0 Å². The fraction of sp³-hybridized carbons (Fsp3) is 0.500. The zero-order chi connectivity index (χ0) is 12.1. The molecule has 3 nitrogen and oxygen atoms in total. The highest BCUT2D eigenvalue weighted by molar-refractivity contribution is 5.85. The van der Waals surface area contributed by atoms with Crippen molar-refractivity contribution in [3.8, 4) is 0 Å². The van der Waals surface area contributed by atoms with E-state index in [1.54, 1.807) is 0 Å². The van der Waals surface area contributed by atoms with Crippen LogP contribution in [-0.4, -0.2) is 35.6 Å². The number of carboxylic acids is 1. The zero-order valence-corrected chi connectivity index (χ0v) is 11.2. The average Bonchev–Trinajstić information content (AvgIpc) is 2.79. The third kappa shape index (κ3) is 4.31. The van der Waals surface area contributed by atoms with Crippen molar-refractivity contribution >= 4 is 18.4 Å². The van der Waals surface area contributed by atoms with E-state index in [1.165, 1.54) is 5.56 Å². The number of benzene rings is 1. The quantitative estimate of drug-likeness (QED) is 0.893. The van der Waals surface area contributed by atoms with Crippen molar-refractivity contribution in [3.05, 3.63) is 35.9 Å². The van der Waals surface area contributed by atoms with E-state index in [0.29, 0.717) is 0 Å². The van der Waals surface area contributed by atoms with Gasteiger partial charge in [0.2, 0.25) is 0 Å². The minimum atomic E-state index is -0.643. The fourth-order valence-electron chi connectivity index (χ4n) is 2.39. The van der Waals surface area contributed by atoms with Crippen LogP contribution in [0.15, 0.2) is 30.3 Å². The van der Waals surface area contributed by atoms with E-state index in [4.69, 9.17) is 5.11 Å². The Morgan fingerprint density at radius 1 is 1.33 bits per heavy atom. The summed E-state index contributed by atoms with van der Waals surface area (Å²) in [4.78, 5) is 13.1. The summed E-state index contributed by atoms with van der Waals surface area (Å²) in [6.45, 7) is 2.68. The lowest BCUT2D eigenvalue weighted by atomic mass is 10.1. The van der Waals surface area contributed by atoms with Crippen molar-refractivity contribution in [3.63, 3.8) is 0 Å². The summed E-state index contributed by atoms with van der Waals surface area (Å²) >= 11 is 0. The first kappa shape index (κ1) is 15.0. The molecular formula is C14H20ClNO2. The third-order valence-corrected chi connectivity index (χ3v) is 3.40. The second-order valence-electron chi connectivity index (χ2n) is 4.71. The molecule has 1 aliphatic heterocycles. The minimum Gasteiger partial charge on any atom is -0.481 e. The Bertz CT molecular complexity index is 369. The lowest BCUT2D eigenvalue weighted by Gasteiger charge is -2.14. The zero-order valence-electron chi connectivity index (χ0n) is 10.4. The summed E-state index contributed by atoms with van der Waals surface area (Å²) < 4.78 is 0. The van der Waals surface area contributed by atoms with Crippen molar-refractivity contribution in [1.82, 2.24) is 4.90 Å². The second-order valence-corrected chi connectivity index (χ2v) is 4.71. The number of carbonyl (C=O) groups is 1. The minimum absolute atomic E-state index is 0. The number of carboxylic acid groups (broad SMARTS) is 1. The number of rotatable bonds is 5. The highest BCUT2D eigenvalue weighted by Gasteiger charge is 2.27. The first-order chi connectivity index (χ1) is 8.25. The van der Waals surface area contributed by atoms with E-state index in [1.807, 2.05) is 6.07 Å². The molecule has 1 aromatic rings. The van der Waals surface area contributed by atoms with E-state index in [2.05, 4.69) is 29.2 Å². The highest BCUT2D eigenvalue weighted by atomic mass is 35.5. The fourth-order valence-corrected chi connectivity index (χ4v) is 2.39. The van der Waals surface area contributed by atoms with Gasteiger partial charge in [0.25, 0.3) is 0 Å². The molecule has 0 bridgehead atoms. The smallest absolute Gasteiger partial charge is 0.307 e. The summed E-state index contributed by atoms with van der Waals surface area (Å²) in [6.07, 6.45) is 2.99. The second kappa shape index (κ2) is 7.39. The molecule has 0 radical (unpaired) electrons. The van der Waals surface area contributed by atoms with E-state index < -0.39 is 5.97 Å². The highest BCUT2D eigenvalue weighted by Crippen LogP contribution is 2.16. The lowest BCUT2D eigenvalue weighted by Crippen LogP contribution is -2.24. The van der Waals surface area contributed by atoms with Crippen molar-refractivity contribution in [2.75, 3.05) is 19.6 Å². The van der Waals surface area contributed by atoms with Crippen LogP contribution in [0.1, 0.15) is 18.4 Å². The molecular weight excluding hydrogens is 250 g/mol. The van der Waals surface area contributed by atoms with Gasteiger partial charge in [-0.2, -0.15) is 0 Å².